The molecule has 0 saturated carbocycles. The molecule has 0 spiro atoms. The molecule has 0 aliphatic heterocycles. The molecule has 1 heterocycles. The molecule has 4 aromatic carbocycles. The average molecular weight is 593 g/mol. The normalized spacial score (nSPS) is 12.7. The van der Waals surface area contributed by atoms with Crippen LogP contribution < -0.4 is 15.9 Å². The fourth-order valence-corrected chi connectivity index (χ4v) is 12.6. The van der Waals surface area contributed by atoms with Gasteiger partial charge in [-0.15, -0.1) is 0 Å². The molecule has 0 unspecified atom stereocenters. The van der Waals surface area contributed by atoms with E-state index in [-0.39, 0.29) is 0 Å². The predicted molar refractivity (Wildman–Crippen MR) is 152 cm³/mol. The number of benzene rings is 4. The number of hydrogen-bond donors (Lipinski definition) is 0. The van der Waals surface area contributed by atoms with Crippen LogP contribution in [0, 0.1) is 6.92 Å². The van der Waals surface area contributed by atoms with Crippen LogP contribution in [0.4, 0.5) is 0 Å². The number of nitrogens with zero attached hydrogens (tertiary/aromatic N) is 1. The number of hydrogen-bond acceptors (Lipinski definition) is 2. The summed E-state index contributed by atoms with van der Waals surface area (Å²) in [6.45, 7) is 2.04. The van der Waals surface area contributed by atoms with Crippen molar-refractivity contribution >= 4 is 52.6 Å². The Morgan fingerprint density at radius 2 is 1.12 bits per heavy atom. The van der Waals surface area contributed by atoms with Gasteiger partial charge in [-0.2, -0.15) is 0 Å². The Hall–Kier alpha value is -2.52. The van der Waals surface area contributed by atoms with Gasteiger partial charge in [-0.3, -0.25) is 0 Å². The Morgan fingerprint density at radius 1 is 0.676 bits per heavy atom. The van der Waals surface area contributed by atoms with Crippen LogP contribution >= 0.6 is 36.7 Å². The van der Waals surface area contributed by atoms with Crippen LogP contribution in [0.2, 0.25) is 0 Å². The van der Waals surface area contributed by atoms with Crippen LogP contribution in [-0.2, 0) is 6.16 Å². The SMILES string of the molecule is Cc1noc(-c2ccc(Br)cc2)c1CP(Br)(c1ccccc1)(c1ccccc1)c1ccccc1. The van der Waals surface area contributed by atoms with E-state index in [1.165, 1.54) is 15.9 Å². The Balaban J connectivity index is 1.83. The third kappa shape index (κ3) is 3.88. The van der Waals surface area contributed by atoms with Gasteiger partial charge in [0.05, 0.1) is 0 Å². The maximum atomic E-state index is 5.95. The van der Waals surface area contributed by atoms with Crippen LogP contribution in [0.15, 0.2) is 124 Å². The van der Waals surface area contributed by atoms with Gasteiger partial charge >= 0.3 is 218 Å². The molecule has 5 aromatic rings. The summed E-state index contributed by atoms with van der Waals surface area (Å²) in [6.07, 6.45) is 0.740. The summed E-state index contributed by atoms with van der Waals surface area (Å²) in [4.78, 5) is 0. The summed E-state index contributed by atoms with van der Waals surface area (Å²) in [5.74, 6) is 0.821. The Morgan fingerprint density at radius 3 is 1.56 bits per heavy atom. The zero-order valence-electron chi connectivity index (χ0n) is 18.7. The molecule has 5 heteroatoms. The molecular weight excluding hydrogens is 569 g/mol. The second kappa shape index (κ2) is 9.26. The van der Waals surface area contributed by atoms with E-state index >= 15 is 0 Å². The first-order valence-electron chi connectivity index (χ1n) is 11.1. The first kappa shape index (κ1) is 23.2. The van der Waals surface area contributed by atoms with Gasteiger partial charge in [-0.05, 0) is 0 Å². The van der Waals surface area contributed by atoms with Crippen molar-refractivity contribution in [3.63, 3.8) is 0 Å². The molecule has 0 aliphatic rings. The average Bonchev–Trinajstić information content (AvgIpc) is 3.25. The number of aromatic nitrogens is 1. The van der Waals surface area contributed by atoms with Gasteiger partial charge in [0.1, 0.15) is 0 Å². The zero-order chi connectivity index (χ0) is 23.6. The molecule has 2 nitrogen and oxygen atoms in total. The summed E-state index contributed by atoms with van der Waals surface area (Å²) in [5, 5.41) is 5.08. The zero-order valence-corrected chi connectivity index (χ0v) is 22.8. The third-order valence-corrected chi connectivity index (χ3v) is 16.4. The molecule has 0 N–H and O–H groups in total. The van der Waals surface area contributed by atoms with Gasteiger partial charge in [-0.25, -0.2) is 0 Å². The predicted octanol–water partition coefficient (Wildman–Crippen LogP) is 7.75. The van der Waals surface area contributed by atoms with Gasteiger partial charge in [0.25, 0.3) is 0 Å². The fourth-order valence-electron chi connectivity index (χ4n) is 4.64. The van der Waals surface area contributed by atoms with Crippen LogP contribution in [-0.4, -0.2) is 5.16 Å². The van der Waals surface area contributed by atoms with Crippen LogP contribution in [0.5, 0.6) is 0 Å². The van der Waals surface area contributed by atoms with Crippen LogP contribution in [0.1, 0.15) is 11.3 Å². The Kier molecular flexibility index (Phi) is 6.33. The minimum absolute atomic E-state index is 0.740. The van der Waals surface area contributed by atoms with Crippen molar-refractivity contribution in [3.05, 3.63) is 131 Å². The molecule has 0 saturated heterocycles. The first-order chi connectivity index (χ1) is 16.5. The fraction of sp³-hybridized carbons (Fsp3) is 0.0690. The van der Waals surface area contributed by atoms with E-state index in [1.54, 1.807) is 0 Å². The minimum atomic E-state index is -3.15. The van der Waals surface area contributed by atoms with Crippen LogP contribution in [0.3, 0.4) is 0 Å². The third-order valence-electron chi connectivity index (χ3n) is 6.43. The number of rotatable bonds is 6. The van der Waals surface area contributed by atoms with Crippen LogP contribution in [0.25, 0.3) is 11.3 Å². The quantitative estimate of drug-likeness (QED) is 0.188. The summed E-state index contributed by atoms with van der Waals surface area (Å²) >= 11 is 8.09. The molecule has 0 amide bonds. The molecule has 170 valence electrons. The summed E-state index contributed by atoms with van der Waals surface area (Å²) in [5.41, 5.74) is 3.05. The summed E-state index contributed by atoms with van der Waals surface area (Å²) < 4.78 is 6.99. The number of halogens is 2. The van der Waals surface area contributed by atoms with Gasteiger partial charge in [0, 0.05) is 0 Å². The molecule has 0 bridgehead atoms. The van der Waals surface area contributed by atoms with Gasteiger partial charge in [-0.1, -0.05) is 0 Å². The molecule has 5 rings (SSSR count). The summed E-state index contributed by atoms with van der Waals surface area (Å²) in [7, 11) is 0. The van der Waals surface area contributed by atoms with E-state index in [2.05, 4.69) is 140 Å². The molecule has 0 radical (unpaired) electrons. The van der Waals surface area contributed by atoms with E-state index in [0.29, 0.717) is 0 Å². The van der Waals surface area contributed by atoms with Gasteiger partial charge in [0.15, 0.2) is 0 Å². The van der Waals surface area contributed by atoms with E-state index in [4.69, 9.17) is 4.52 Å². The molecule has 0 fully saturated rings. The topological polar surface area (TPSA) is 26.0 Å². The Labute approximate surface area is 216 Å². The van der Waals surface area contributed by atoms with Crippen molar-refractivity contribution in [1.29, 1.82) is 0 Å². The monoisotopic (exact) mass is 591 g/mol. The molecule has 34 heavy (non-hydrogen) atoms. The van der Waals surface area contributed by atoms with E-state index in [0.717, 1.165) is 33.2 Å². The van der Waals surface area contributed by atoms with E-state index in [1.807, 2.05) is 19.1 Å². The molecule has 0 aliphatic carbocycles. The van der Waals surface area contributed by atoms with Crippen molar-refractivity contribution in [2.45, 2.75) is 13.1 Å². The number of aryl methyl sites for hydroxylation is 1. The van der Waals surface area contributed by atoms with E-state index in [9.17, 15) is 0 Å². The van der Waals surface area contributed by atoms with Crippen molar-refractivity contribution in [2.75, 3.05) is 0 Å². The second-order valence-electron chi connectivity index (χ2n) is 8.43. The van der Waals surface area contributed by atoms with Crippen molar-refractivity contribution in [3.8, 4) is 11.3 Å². The van der Waals surface area contributed by atoms with Gasteiger partial charge < -0.3 is 0 Å². The molecular formula is C29H24Br2NOP. The molecule has 0 atom stereocenters. The second-order valence-corrected chi connectivity index (χ2v) is 18.3. The van der Waals surface area contributed by atoms with Gasteiger partial charge in [0.2, 0.25) is 0 Å². The maximum absolute atomic E-state index is 5.95. The standard InChI is InChI=1S/C29H24Br2NOP/c1-22-28(29(33-32-22)23-17-19-24(30)20-18-23)21-34(31,25-11-5-2-6-12-25,26-13-7-3-8-14-26)27-15-9-4-10-16-27/h2-20H,21H2,1H3. The van der Waals surface area contributed by atoms with E-state index < -0.39 is 5.31 Å². The van der Waals surface area contributed by atoms with Crippen molar-refractivity contribution < 1.29 is 4.52 Å². The first-order valence-corrected chi connectivity index (χ1v) is 16.3. The summed E-state index contributed by atoms with van der Waals surface area (Å²) in [6, 6.07) is 40.7. The molecule has 1 aromatic heterocycles. The Bertz CT molecular complexity index is 1300. The van der Waals surface area contributed by atoms with Crippen molar-refractivity contribution in [2.24, 2.45) is 0 Å². The van der Waals surface area contributed by atoms with Crippen molar-refractivity contribution in [1.82, 2.24) is 5.16 Å².